The number of carbonyl (C=O) groups excluding carboxylic acids is 1. The van der Waals surface area contributed by atoms with E-state index in [0.717, 1.165) is 57.0 Å². The second kappa shape index (κ2) is 11.6. The number of nitrogens with zero attached hydrogens (tertiary/aromatic N) is 2. The molecule has 1 amide bonds. The fourth-order valence-corrected chi connectivity index (χ4v) is 4.25. The third kappa shape index (κ3) is 7.45. The highest BCUT2D eigenvalue weighted by Gasteiger charge is 2.15. The molecule has 0 unspecified atom stereocenters. The molecule has 1 fully saturated rings. The fourth-order valence-electron chi connectivity index (χ4n) is 4.25. The number of ether oxygens (including phenoxy) is 1. The number of nitrogens with two attached hydrogens (primary N) is 1. The van der Waals surface area contributed by atoms with Gasteiger partial charge in [-0.15, -0.1) is 0 Å². The molecule has 5 heteroatoms. The van der Waals surface area contributed by atoms with Gasteiger partial charge in [0.2, 0.25) is 5.91 Å². The first-order chi connectivity index (χ1) is 16.1. The lowest BCUT2D eigenvalue weighted by Gasteiger charge is -2.22. The first-order valence-corrected chi connectivity index (χ1v) is 11.7. The predicted molar refractivity (Wildman–Crippen MR) is 132 cm³/mol. The van der Waals surface area contributed by atoms with E-state index in [1.165, 1.54) is 16.7 Å². The summed E-state index contributed by atoms with van der Waals surface area (Å²) in [5.41, 5.74) is 10.0. The molecule has 1 saturated heterocycles. The summed E-state index contributed by atoms with van der Waals surface area (Å²) < 4.78 is 5.91. The van der Waals surface area contributed by atoms with Crippen LogP contribution in [0.3, 0.4) is 0 Å². The van der Waals surface area contributed by atoms with E-state index in [-0.39, 0.29) is 5.91 Å². The Bertz CT molecular complexity index is 1000. The molecule has 0 aromatic heterocycles. The van der Waals surface area contributed by atoms with Crippen molar-refractivity contribution in [3.8, 4) is 5.75 Å². The van der Waals surface area contributed by atoms with E-state index in [4.69, 9.17) is 10.5 Å². The molecule has 5 nitrogen and oxygen atoms in total. The number of amides is 1. The first-order valence-electron chi connectivity index (χ1n) is 11.7. The van der Waals surface area contributed by atoms with Gasteiger partial charge in [-0.05, 0) is 53.9 Å². The average Bonchev–Trinajstić information content (AvgIpc) is 3.05. The molecule has 3 aromatic rings. The van der Waals surface area contributed by atoms with Crippen LogP contribution in [0.4, 0.5) is 0 Å². The minimum absolute atomic E-state index is 0.287. The molecule has 0 atom stereocenters. The zero-order valence-electron chi connectivity index (χ0n) is 19.2. The van der Waals surface area contributed by atoms with Crippen LogP contribution in [0.1, 0.15) is 28.7 Å². The van der Waals surface area contributed by atoms with Crippen LogP contribution in [0.25, 0.3) is 0 Å². The summed E-state index contributed by atoms with van der Waals surface area (Å²) in [7, 11) is 0. The van der Waals surface area contributed by atoms with Crippen molar-refractivity contribution in [3.63, 3.8) is 0 Å². The van der Waals surface area contributed by atoms with Crippen LogP contribution >= 0.6 is 0 Å². The Morgan fingerprint density at radius 1 is 0.697 bits per heavy atom. The van der Waals surface area contributed by atoms with Crippen molar-refractivity contribution in [3.05, 3.63) is 101 Å². The Labute approximate surface area is 196 Å². The van der Waals surface area contributed by atoms with Gasteiger partial charge in [0.05, 0.1) is 6.42 Å². The molecule has 3 aromatic carbocycles. The van der Waals surface area contributed by atoms with Gasteiger partial charge in [-0.25, -0.2) is 0 Å². The van der Waals surface area contributed by atoms with Crippen LogP contribution in [-0.2, 0) is 30.9 Å². The van der Waals surface area contributed by atoms with Gasteiger partial charge in [0.1, 0.15) is 12.4 Å². The van der Waals surface area contributed by atoms with Crippen molar-refractivity contribution in [1.29, 1.82) is 0 Å². The van der Waals surface area contributed by atoms with Gasteiger partial charge in [0.15, 0.2) is 0 Å². The van der Waals surface area contributed by atoms with Gasteiger partial charge >= 0.3 is 0 Å². The van der Waals surface area contributed by atoms with Crippen molar-refractivity contribution >= 4 is 5.91 Å². The van der Waals surface area contributed by atoms with E-state index in [1.807, 2.05) is 30.3 Å². The molecule has 1 aliphatic rings. The number of rotatable bonds is 9. The van der Waals surface area contributed by atoms with E-state index in [1.54, 1.807) is 0 Å². The summed E-state index contributed by atoms with van der Waals surface area (Å²) >= 11 is 0. The molecule has 0 spiro atoms. The summed E-state index contributed by atoms with van der Waals surface area (Å²) in [6.45, 7) is 6.84. The number of hydrogen-bond acceptors (Lipinski definition) is 4. The van der Waals surface area contributed by atoms with Crippen molar-refractivity contribution in [1.82, 2.24) is 9.80 Å². The van der Waals surface area contributed by atoms with Crippen molar-refractivity contribution in [2.45, 2.75) is 32.5 Å². The molecule has 0 radical (unpaired) electrons. The maximum absolute atomic E-state index is 11.1. The molecular weight excluding hydrogens is 410 g/mol. The molecule has 0 aliphatic carbocycles. The maximum Gasteiger partial charge on any atom is 0.221 e. The zero-order chi connectivity index (χ0) is 22.9. The van der Waals surface area contributed by atoms with E-state index in [2.05, 4.69) is 58.3 Å². The predicted octanol–water partition coefficient (Wildman–Crippen LogP) is 4.00. The highest BCUT2D eigenvalue weighted by molar-refractivity contribution is 5.76. The van der Waals surface area contributed by atoms with E-state index >= 15 is 0 Å². The third-order valence-electron chi connectivity index (χ3n) is 6.07. The maximum atomic E-state index is 11.1. The lowest BCUT2D eigenvalue weighted by molar-refractivity contribution is -0.117. The Kier molecular flexibility index (Phi) is 8.12. The van der Waals surface area contributed by atoms with E-state index in [9.17, 15) is 4.79 Å². The fraction of sp³-hybridized carbons (Fsp3) is 0.321. The monoisotopic (exact) mass is 443 g/mol. The van der Waals surface area contributed by atoms with E-state index in [0.29, 0.717) is 13.0 Å². The first kappa shape index (κ1) is 23.0. The van der Waals surface area contributed by atoms with Crippen molar-refractivity contribution in [2.24, 2.45) is 5.73 Å². The van der Waals surface area contributed by atoms with Gasteiger partial charge < -0.3 is 10.5 Å². The highest BCUT2D eigenvalue weighted by atomic mass is 16.5. The van der Waals surface area contributed by atoms with Crippen molar-refractivity contribution < 1.29 is 9.53 Å². The van der Waals surface area contributed by atoms with Crippen molar-refractivity contribution in [2.75, 3.05) is 26.2 Å². The molecule has 1 aliphatic heterocycles. The van der Waals surface area contributed by atoms with Crippen LogP contribution in [0.5, 0.6) is 5.75 Å². The van der Waals surface area contributed by atoms with Gasteiger partial charge in [-0.2, -0.15) is 0 Å². The molecule has 0 saturated carbocycles. The van der Waals surface area contributed by atoms with Gasteiger partial charge in [-0.1, -0.05) is 66.7 Å². The Balaban J connectivity index is 1.23. The SMILES string of the molecule is NC(=O)Cc1ccc(CN2CCCN(Cc3ccc(OCc4ccccc4)cc3)CC2)cc1. The Morgan fingerprint density at radius 2 is 1.24 bits per heavy atom. The number of benzene rings is 3. The van der Waals surface area contributed by atoms with E-state index < -0.39 is 0 Å². The minimum Gasteiger partial charge on any atom is -0.489 e. The quantitative estimate of drug-likeness (QED) is 0.543. The Morgan fingerprint density at radius 3 is 1.82 bits per heavy atom. The van der Waals surface area contributed by atoms with Crippen LogP contribution in [0.2, 0.25) is 0 Å². The largest absolute Gasteiger partial charge is 0.489 e. The zero-order valence-corrected chi connectivity index (χ0v) is 19.2. The molecule has 0 bridgehead atoms. The summed E-state index contributed by atoms with van der Waals surface area (Å²) in [6.07, 6.45) is 1.47. The van der Waals surface area contributed by atoms with Gasteiger partial charge in [0.25, 0.3) is 0 Å². The highest BCUT2D eigenvalue weighted by Crippen LogP contribution is 2.17. The van der Waals surface area contributed by atoms with Crippen LogP contribution < -0.4 is 10.5 Å². The van der Waals surface area contributed by atoms with Crippen LogP contribution in [0, 0.1) is 0 Å². The number of hydrogen-bond donors (Lipinski definition) is 1. The molecule has 172 valence electrons. The Hall–Kier alpha value is -3.15. The average molecular weight is 444 g/mol. The lowest BCUT2D eigenvalue weighted by Crippen LogP contribution is -2.30. The second-order valence-electron chi connectivity index (χ2n) is 8.78. The third-order valence-corrected chi connectivity index (χ3v) is 6.07. The number of primary amides is 1. The molecule has 2 N–H and O–H groups in total. The van der Waals surface area contributed by atoms with Gasteiger partial charge in [0, 0.05) is 26.2 Å². The summed E-state index contributed by atoms with van der Waals surface area (Å²) in [5.74, 6) is 0.621. The summed E-state index contributed by atoms with van der Waals surface area (Å²) in [6, 6.07) is 27.0. The van der Waals surface area contributed by atoms with Gasteiger partial charge in [-0.3, -0.25) is 14.6 Å². The summed E-state index contributed by atoms with van der Waals surface area (Å²) in [4.78, 5) is 16.1. The number of carbonyl (C=O) groups is 1. The normalized spacial score (nSPS) is 15.2. The summed E-state index contributed by atoms with van der Waals surface area (Å²) in [5, 5.41) is 0. The molecule has 33 heavy (non-hydrogen) atoms. The van der Waals surface area contributed by atoms with Crippen LogP contribution in [-0.4, -0.2) is 41.9 Å². The molecular formula is C28H33N3O2. The molecule has 4 rings (SSSR count). The topological polar surface area (TPSA) is 58.8 Å². The lowest BCUT2D eigenvalue weighted by atomic mass is 10.1. The standard InChI is InChI=1S/C28H33N3O2/c29-28(32)19-23-7-9-24(10-8-23)20-30-15-4-16-31(18-17-30)21-25-11-13-27(14-12-25)33-22-26-5-2-1-3-6-26/h1-3,5-14H,4,15-22H2,(H2,29,32). The molecule has 1 heterocycles. The minimum atomic E-state index is -0.287. The second-order valence-corrected chi connectivity index (χ2v) is 8.78. The smallest absolute Gasteiger partial charge is 0.221 e. The van der Waals surface area contributed by atoms with Crippen LogP contribution in [0.15, 0.2) is 78.9 Å².